The number of carbonyl (C=O) groups is 1. The largest absolute Gasteiger partial charge is 0.315 e. The summed E-state index contributed by atoms with van der Waals surface area (Å²) in [6.45, 7) is 1.54. The molecule has 122 valence electrons. The van der Waals surface area contributed by atoms with E-state index in [0.717, 1.165) is 24.9 Å². The summed E-state index contributed by atoms with van der Waals surface area (Å²) in [5, 5.41) is 6.43. The van der Waals surface area contributed by atoms with E-state index in [0.29, 0.717) is 12.4 Å². The number of amides is 1. The lowest BCUT2D eigenvalue weighted by molar-refractivity contribution is -0.119. The molecule has 0 bridgehead atoms. The summed E-state index contributed by atoms with van der Waals surface area (Å²) in [7, 11) is 0. The average molecular weight is 319 g/mol. The molecule has 1 fully saturated rings. The second-order valence-electron chi connectivity index (χ2n) is 6.44. The molecule has 2 heterocycles. The third-order valence-electron chi connectivity index (χ3n) is 4.97. The van der Waals surface area contributed by atoms with Crippen molar-refractivity contribution in [3.05, 3.63) is 65.4 Å². The zero-order chi connectivity index (χ0) is 16.4. The average Bonchev–Trinajstić information content (AvgIpc) is 3.13. The lowest BCUT2D eigenvalue weighted by atomic mass is 9.88. The number of nitrogens with zero attached hydrogens (tertiary/aromatic N) is 1. The summed E-state index contributed by atoms with van der Waals surface area (Å²) in [5.41, 5.74) is 3.52. The van der Waals surface area contributed by atoms with Gasteiger partial charge in [0.1, 0.15) is 5.82 Å². The van der Waals surface area contributed by atoms with Crippen molar-refractivity contribution >= 4 is 17.8 Å². The van der Waals surface area contributed by atoms with Crippen LogP contribution in [0.2, 0.25) is 0 Å². The van der Waals surface area contributed by atoms with Crippen molar-refractivity contribution in [1.29, 1.82) is 0 Å². The number of hydrogen-bond donors (Lipinski definition) is 2. The van der Waals surface area contributed by atoms with E-state index in [-0.39, 0.29) is 17.7 Å². The molecule has 0 spiro atoms. The van der Waals surface area contributed by atoms with E-state index in [9.17, 15) is 4.79 Å². The molecule has 1 aromatic carbocycles. The smallest absolute Gasteiger partial charge is 0.230 e. The fourth-order valence-electron chi connectivity index (χ4n) is 3.67. The van der Waals surface area contributed by atoms with Gasteiger partial charge in [-0.2, -0.15) is 0 Å². The van der Waals surface area contributed by atoms with Crippen molar-refractivity contribution in [3.8, 4) is 0 Å². The Kier molecular flexibility index (Phi) is 4.13. The zero-order valence-electron chi connectivity index (χ0n) is 13.5. The van der Waals surface area contributed by atoms with Gasteiger partial charge in [-0.05, 0) is 30.0 Å². The van der Waals surface area contributed by atoms with Crippen molar-refractivity contribution < 1.29 is 4.79 Å². The molecule has 2 N–H and O–H groups in total. The van der Waals surface area contributed by atoms with Crippen LogP contribution in [-0.2, 0) is 11.2 Å². The molecular weight excluding hydrogens is 298 g/mol. The minimum Gasteiger partial charge on any atom is -0.315 e. The van der Waals surface area contributed by atoms with Gasteiger partial charge in [0.05, 0.1) is 5.92 Å². The van der Waals surface area contributed by atoms with Gasteiger partial charge >= 0.3 is 0 Å². The van der Waals surface area contributed by atoms with Gasteiger partial charge < -0.3 is 10.6 Å². The molecule has 4 nitrogen and oxygen atoms in total. The van der Waals surface area contributed by atoms with Crippen molar-refractivity contribution in [2.75, 3.05) is 18.4 Å². The predicted molar refractivity (Wildman–Crippen MR) is 95.8 cm³/mol. The van der Waals surface area contributed by atoms with Crippen LogP contribution in [0.1, 0.15) is 29.0 Å². The molecule has 2 aliphatic rings. The fourth-order valence-corrected chi connectivity index (χ4v) is 3.67. The summed E-state index contributed by atoms with van der Waals surface area (Å²) in [5.74, 6) is 0.875. The Morgan fingerprint density at radius 3 is 2.92 bits per heavy atom. The molecule has 2 atom stereocenters. The van der Waals surface area contributed by atoms with Gasteiger partial charge in [0.15, 0.2) is 0 Å². The van der Waals surface area contributed by atoms with Crippen molar-refractivity contribution in [2.24, 2.45) is 5.92 Å². The van der Waals surface area contributed by atoms with Crippen LogP contribution < -0.4 is 10.6 Å². The van der Waals surface area contributed by atoms with Gasteiger partial charge in [-0.25, -0.2) is 4.98 Å². The number of fused-ring (bicyclic) bond motifs is 1. The van der Waals surface area contributed by atoms with Gasteiger partial charge in [0, 0.05) is 30.8 Å². The maximum absolute atomic E-state index is 12.9. The number of hydrogen-bond acceptors (Lipinski definition) is 3. The van der Waals surface area contributed by atoms with E-state index in [2.05, 4.69) is 39.9 Å². The van der Waals surface area contributed by atoms with Crippen LogP contribution in [0.5, 0.6) is 0 Å². The minimum atomic E-state index is -0.0716. The quantitative estimate of drug-likeness (QED) is 0.914. The number of nitrogens with one attached hydrogen (secondary N) is 2. The van der Waals surface area contributed by atoms with E-state index in [1.165, 1.54) is 11.1 Å². The number of aryl methyl sites for hydroxylation is 1. The zero-order valence-corrected chi connectivity index (χ0v) is 13.5. The van der Waals surface area contributed by atoms with Crippen LogP contribution in [0.3, 0.4) is 0 Å². The minimum absolute atomic E-state index is 0.0497. The molecule has 1 aliphatic heterocycles. The highest BCUT2D eigenvalue weighted by molar-refractivity contribution is 5.94. The van der Waals surface area contributed by atoms with Gasteiger partial charge in [-0.15, -0.1) is 0 Å². The number of pyridine rings is 1. The molecule has 1 aromatic heterocycles. The van der Waals surface area contributed by atoms with Crippen molar-refractivity contribution in [3.63, 3.8) is 0 Å². The SMILES string of the molecule is O=C(Nc1nccc2c1C=CCC2)C1CNCC1c1ccccc1. The maximum Gasteiger partial charge on any atom is 0.230 e. The first-order chi connectivity index (χ1) is 11.8. The van der Waals surface area contributed by atoms with Crippen molar-refractivity contribution in [1.82, 2.24) is 10.3 Å². The first kappa shape index (κ1) is 15.1. The van der Waals surface area contributed by atoms with Gasteiger partial charge in [0.2, 0.25) is 5.91 Å². The third-order valence-corrected chi connectivity index (χ3v) is 4.97. The Bertz CT molecular complexity index is 770. The molecule has 4 heteroatoms. The monoisotopic (exact) mass is 319 g/mol. The molecular formula is C20H21N3O. The van der Waals surface area contributed by atoms with E-state index in [4.69, 9.17) is 0 Å². The Labute approximate surface area is 142 Å². The highest BCUT2D eigenvalue weighted by atomic mass is 16.2. The third kappa shape index (κ3) is 2.85. The molecule has 0 radical (unpaired) electrons. The van der Waals surface area contributed by atoms with E-state index < -0.39 is 0 Å². The summed E-state index contributed by atoms with van der Waals surface area (Å²) in [6, 6.07) is 12.3. The molecule has 1 amide bonds. The molecule has 24 heavy (non-hydrogen) atoms. The van der Waals surface area contributed by atoms with Gasteiger partial charge in [-0.3, -0.25) is 4.79 Å². The number of aromatic nitrogens is 1. The summed E-state index contributed by atoms with van der Waals surface area (Å²) >= 11 is 0. The normalized spacial score (nSPS) is 22.2. The Morgan fingerprint density at radius 1 is 1.17 bits per heavy atom. The molecule has 1 saturated heterocycles. The molecule has 4 rings (SSSR count). The number of anilines is 1. The Balaban J connectivity index is 1.56. The number of carbonyl (C=O) groups excluding carboxylic acids is 1. The Hall–Kier alpha value is -2.46. The van der Waals surface area contributed by atoms with E-state index in [1.54, 1.807) is 6.20 Å². The number of allylic oxidation sites excluding steroid dienone is 1. The fraction of sp³-hybridized carbons (Fsp3) is 0.300. The predicted octanol–water partition coefficient (Wildman–Crippen LogP) is 2.98. The van der Waals surface area contributed by atoms with Crippen LogP contribution in [0.4, 0.5) is 5.82 Å². The lowest BCUT2D eigenvalue weighted by Gasteiger charge is -2.20. The van der Waals surface area contributed by atoms with Crippen LogP contribution in [-0.4, -0.2) is 24.0 Å². The first-order valence-corrected chi connectivity index (χ1v) is 8.54. The van der Waals surface area contributed by atoms with Crippen LogP contribution >= 0.6 is 0 Å². The molecule has 0 saturated carbocycles. The molecule has 1 aliphatic carbocycles. The second kappa shape index (κ2) is 6.57. The summed E-state index contributed by atoms with van der Waals surface area (Å²) in [6.07, 6.45) is 8.06. The highest BCUT2D eigenvalue weighted by Gasteiger charge is 2.34. The number of benzene rings is 1. The Morgan fingerprint density at radius 2 is 2.04 bits per heavy atom. The standard InChI is InChI=1S/C20H21N3O/c24-20(18-13-21-12-17(18)14-6-2-1-3-7-14)23-19-16-9-5-4-8-15(16)10-11-22-19/h1-3,5-7,9-11,17-18,21H,4,8,12-13H2,(H,22,23,24). The van der Waals surface area contributed by atoms with Gasteiger partial charge in [0.25, 0.3) is 0 Å². The van der Waals surface area contributed by atoms with Gasteiger partial charge in [-0.1, -0.05) is 42.5 Å². The van der Waals surface area contributed by atoms with Crippen molar-refractivity contribution in [2.45, 2.75) is 18.8 Å². The topological polar surface area (TPSA) is 54.0 Å². The van der Waals surface area contributed by atoms with E-state index >= 15 is 0 Å². The highest BCUT2D eigenvalue weighted by Crippen LogP contribution is 2.30. The second-order valence-corrected chi connectivity index (χ2v) is 6.44. The summed E-state index contributed by atoms with van der Waals surface area (Å²) < 4.78 is 0. The lowest BCUT2D eigenvalue weighted by Crippen LogP contribution is -2.29. The van der Waals surface area contributed by atoms with Crippen LogP contribution in [0, 0.1) is 5.92 Å². The maximum atomic E-state index is 12.9. The summed E-state index contributed by atoms with van der Waals surface area (Å²) in [4.78, 5) is 17.3. The molecule has 2 aromatic rings. The molecule has 2 unspecified atom stereocenters. The van der Waals surface area contributed by atoms with Crippen LogP contribution in [0.25, 0.3) is 6.08 Å². The van der Waals surface area contributed by atoms with E-state index in [1.807, 2.05) is 24.3 Å². The number of rotatable bonds is 3. The first-order valence-electron chi connectivity index (χ1n) is 8.54. The van der Waals surface area contributed by atoms with Crippen LogP contribution in [0.15, 0.2) is 48.7 Å².